The van der Waals surface area contributed by atoms with Crippen molar-refractivity contribution in [3.8, 4) is 0 Å². The highest BCUT2D eigenvalue weighted by Gasteiger charge is 2.24. The molecule has 2 aromatic rings. The van der Waals surface area contributed by atoms with Crippen LogP contribution in [-0.4, -0.2) is 37.5 Å². The van der Waals surface area contributed by atoms with Crippen molar-refractivity contribution in [3.05, 3.63) is 76.3 Å². The van der Waals surface area contributed by atoms with Gasteiger partial charge >= 0.3 is 0 Å². The zero-order valence-electron chi connectivity index (χ0n) is 16.0. The van der Waals surface area contributed by atoms with Crippen molar-refractivity contribution in [3.63, 3.8) is 0 Å². The van der Waals surface area contributed by atoms with Crippen LogP contribution < -0.4 is 15.5 Å². The summed E-state index contributed by atoms with van der Waals surface area (Å²) in [5.74, 6) is -0.317. The summed E-state index contributed by atoms with van der Waals surface area (Å²) >= 11 is 12.0. The van der Waals surface area contributed by atoms with Gasteiger partial charge in [0.1, 0.15) is 0 Å². The second kappa shape index (κ2) is 9.81. The minimum Gasteiger partial charge on any atom is -0.371 e. The summed E-state index contributed by atoms with van der Waals surface area (Å²) in [5, 5.41) is 6.71. The summed E-state index contributed by atoms with van der Waals surface area (Å²) < 4.78 is 0. The summed E-state index contributed by atoms with van der Waals surface area (Å²) in [4.78, 5) is 27.1. The highest BCUT2D eigenvalue weighted by atomic mass is 35.5. The Hall–Kier alpha value is -2.50. The van der Waals surface area contributed by atoms with Crippen LogP contribution in [0.5, 0.6) is 0 Å². The van der Waals surface area contributed by atoms with E-state index in [2.05, 4.69) is 22.1 Å². The first-order valence-corrected chi connectivity index (χ1v) is 10.2. The van der Waals surface area contributed by atoms with Gasteiger partial charge in [0.15, 0.2) is 0 Å². The second-order valence-corrected chi connectivity index (χ2v) is 7.72. The van der Waals surface area contributed by atoms with Crippen LogP contribution in [0.15, 0.2) is 55.1 Å². The SMILES string of the molecule is C=CCNC(=O)c1ccccc1N1CCC(NC(=O)c2ccc(Cl)cc2Cl)CC1. The van der Waals surface area contributed by atoms with Gasteiger partial charge in [-0.05, 0) is 43.2 Å². The number of carbonyl (C=O) groups excluding carboxylic acids is 2. The van der Waals surface area contributed by atoms with Gasteiger partial charge in [0.25, 0.3) is 11.8 Å². The van der Waals surface area contributed by atoms with Crippen molar-refractivity contribution in [2.75, 3.05) is 24.5 Å². The van der Waals surface area contributed by atoms with E-state index in [-0.39, 0.29) is 17.9 Å². The van der Waals surface area contributed by atoms with Crippen molar-refractivity contribution in [2.24, 2.45) is 0 Å². The van der Waals surface area contributed by atoms with Gasteiger partial charge in [0.2, 0.25) is 0 Å². The van der Waals surface area contributed by atoms with Crippen LogP contribution in [0.4, 0.5) is 5.69 Å². The van der Waals surface area contributed by atoms with E-state index in [4.69, 9.17) is 23.2 Å². The zero-order chi connectivity index (χ0) is 20.8. The van der Waals surface area contributed by atoms with Gasteiger partial charge in [-0.25, -0.2) is 0 Å². The molecule has 1 aliphatic rings. The first kappa shape index (κ1) is 21.2. The molecule has 1 fully saturated rings. The average Bonchev–Trinajstić information content (AvgIpc) is 2.72. The van der Waals surface area contributed by atoms with Gasteiger partial charge in [0.05, 0.1) is 16.1 Å². The largest absolute Gasteiger partial charge is 0.371 e. The van der Waals surface area contributed by atoms with Crippen LogP contribution in [0.25, 0.3) is 0 Å². The number of rotatable bonds is 6. The number of para-hydroxylation sites is 1. The Morgan fingerprint density at radius 3 is 2.48 bits per heavy atom. The molecule has 29 heavy (non-hydrogen) atoms. The third kappa shape index (κ3) is 5.31. The minimum atomic E-state index is -0.200. The van der Waals surface area contributed by atoms with E-state index in [1.807, 2.05) is 24.3 Å². The fourth-order valence-corrected chi connectivity index (χ4v) is 3.90. The Morgan fingerprint density at radius 2 is 1.79 bits per heavy atom. The third-order valence-electron chi connectivity index (χ3n) is 4.90. The number of nitrogens with one attached hydrogen (secondary N) is 2. The number of carbonyl (C=O) groups is 2. The maximum absolute atomic E-state index is 12.5. The average molecular weight is 432 g/mol. The molecule has 0 unspecified atom stereocenters. The number of nitrogens with zero attached hydrogens (tertiary/aromatic N) is 1. The van der Waals surface area contributed by atoms with Gasteiger partial charge in [-0.2, -0.15) is 0 Å². The number of halogens is 2. The van der Waals surface area contributed by atoms with Crippen LogP contribution in [0.1, 0.15) is 33.6 Å². The summed E-state index contributed by atoms with van der Waals surface area (Å²) in [6.45, 7) is 5.53. The van der Waals surface area contributed by atoms with E-state index >= 15 is 0 Å². The molecule has 0 saturated carbocycles. The lowest BCUT2D eigenvalue weighted by molar-refractivity contribution is 0.0930. The maximum atomic E-state index is 12.5. The van der Waals surface area contributed by atoms with Crippen molar-refractivity contribution in [1.82, 2.24) is 10.6 Å². The van der Waals surface area contributed by atoms with E-state index in [0.717, 1.165) is 31.6 Å². The third-order valence-corrected chi connectivity index (χ3v) is 5.45. The standard InChI is InChI=1S/C22H23Cl2N3O2/c1-2-11-25-21(28)18-5-3-4-6-20(18)27-12-9-16(10-13-27)26-22(29)17-8-7-15(23)14-19(17)24/h2-8,14,16H,1,9-13H2,(H,25,28)(H,26,29). The molecule has 0 spiro atoms. The number of anilines is 1. The van der Waals surface area contributed by atoms with E-state index in [1.165, 1.54) is 0 Å². The summed E-state index contributed by atoms with van der Waals surface area (Å²) in [6.07, 6.45) is 3.21. The summed E-state index contributed by atoms with van der Waals surface area (Å²) in [7, 11) is 0. The Bertz CT molecular complexity index is 909. The fraction of sp³-hybridized carbons (Fsp3) is 0.273. The molecule has 0 bridgehead atoms. The molecule has 7 heteroatoms. The Labute approximate surface area is 180 Å². The monoisotopic (exact) mass is 431 g/mol. The quantitative estimate of drug-likeness (QED) is 0.669. The van der Waals surface area contributed by atoms with Gasteiger partial charge in [-0.15, -0.1) is 6.58 Å². The lowest BCUT2D eigenvalue weighted by Crippen LogP contribution is -2.45. The molecule has 1 heterocycles. The van der Waals surface area contributed by atoms with Gasteiger partial charge < -0.3 is 15.5 Å². The van der Waals surface area contributed by atoms with E-state index in [0.29, 0.717) is 27.7 Å². The predicted molar refractivity (Wildman–Crippen MR) is 118 cm³/mol. The lowest BCUT2D eigenvalue weighted by atomic mass is 10.0. The van der Waals surface area contributed by atoms with Crippen molar-refractivity contribution in [2.45, 2.75) is 18.9 Å². The molecule has 0 atom stereocenters. The van der Waals surface area contributed by atoms with Crippen molar-refractivity contribution in [1.29, 1.82) is 0 Å². The Morgan fingerprint density at radius 1 is 1.07 bits per heavy atom. The molecule has 0 radical (unpaired) electrons. The van der Waals surface area contributed by atoms with Crippen LogP contribution >= 0.6 is 23.2 Å². The maximum Gasteiger partial charge on any atom is 0.253 e. The molecule has 0 aromatic heterocycles. The van der Waals surface area contributed by atoms with E-state index in [9.17, 15) is 9.59 Å². The lowest BCUT2D eigenvalue weighted by Gasteiger charge is -2.35. The molecule has 2 aromatic carbocycles. The summed E-state index contributed by atoms with van der Waals surface area (Å²) in [5.41, 5.74) is 1.96. The number of amides is 2. The van der Waals surface area contributed by atoms with Gasteiger partial charge in [-0.3, -0.25) is 9.59 Å². The molecule has 2 N–H and O–H groups in total. The topological polar surface area (TPSA) is 61.4 Å². The Balaban J connectivity index is 1.62. The summed E-state index contributed by atoms with van der Waals surface area (Å²) in [6, 6.07) is 12.5. The molecule has 0 aliphatic carbocycles. The number of hydrogen-bond acceptors (Lipinski definition) is 3. The van der Waals surface area contributed by atoms with Crippen LogP contribution in [0, 0.1) is 0 Å². The first-order valence-electron chi connectivity index (χ1n) is 9.48. The molecular weight excluding hydrogens is 409 g/mol. The van der Waals surface area contributed by atoms with Gasteiger partial charge in [0, 0.05) is 36.4 Å². The molecule has 1 saturated heterocycles. The zero-order valence-corrected chi connectivity index (χ0v) is 17.5. The molecule has 3 rings (SSSR count). The van der Waals surface area contributed by atoms with Crippen molar-refractivity contribution >= 4 is 40.7 Å². The van der Waals surface area contributed by atoms with Crippen LogP contribution in [0.2, 0.25) is 10.0 Å². The first-order chi connectivity index (χ1) is 14.0. The smallest absolute Gasteiger partial charge is 0.253 e. The minimum absolute atomic E-state index is 0.0484. The predicted octanol–water partition coefficient (Wildman–Crippen LogP) is 4.31. The van der Waals surface area contributed by atoms with E-state index in [1.54, 1.807) is 24.3 Å². The number of benzene rings is 2. The van der Waals surface area contributed by atoms with E-state index < -0.39 is 0 Å². The fourth-order valence-electron chi connectivity index (χ4n) is 3.40. The molecule has 152 valence electrons. The highest BCUT2D eigenvalue weighted by Crippen LogP contribution is 2.25. The van der Waals surface area contributed by atoms with Gasteiger partial charge in [-0.1, -0.05) is 41.4 Å². The molecule has 1 aliphatic heterocycles. The normalized spacial score (nSPS) is 14.3. The van der Waals surface area contributed by atoms with Crippen LogP contribution in [0.3, 0.4) is 0 Å². The molecular formula is C22H23Cl2N3O2. The highest BCUT2D eigenvalue weighted by molar-refractivity contribution is 6.36. The second-order valence-electron chi connectivity index (χ2n) is 6.87. The Kier molecular flexibility index (Phi) is 7.18. The molecule has 2 amide bonds. The number of hydrogen-bond donors (Lipinski definition) is 2. The molecule has 5 nitrogen and oxygen atoms in total. The van der Waals surface area contributed by atoms with Crippen molar-refractivity contribution < 1.29 is 9.59 Å². The van der Waals surface area contributed by atoms with Crippen LogP contribution in [-0.2, 0) is 0 Å². The number of piperidine rings is 1.